The molecule has 0 saturated heterocycles. The van der Waals surface area contributed by atoms with Crippen molar-refractivity contribution in [2.75, 3.05) is 9.80 Å². The number of hydrogen-bond acceptors (Lipinski definition) is 2. The lowest BCUT2D eigenvalue weighted by molar-refractivity contribution is 0.786. The second kappa shape index (κ2) is 14.2. The third kappa shape index (κ3) is 5.42. The highest BCUT2D eigenvalue weighted by Gasteiger charge is 2.30. The van der Waals surface area contributed by atoms with E-state index in [1.165, 1.54) is 163 Å². The van der Waals surface area contributed by atoms with Gasteiger partial charge in [0.1, 0.15) is 0 Å². The maximum absolute atomic E-state index is 2.57. The van der Waals surface area contributed by atoms with Crippen LogP contribution in [0.3, 0.4) is 0 Å². The molecule has 0 atom stereocenters. The van der Waals surface area contributed by atoms with Gasteiger partial charge >= 0.3 is 0 Å². The molecule has 0 N–H and O–H groups in total. The van der Waals surface area contributed by atoms with E-state index in [9.17, 15) is 0 Å². The Labute approximate surface area is 386 Å². The van der Waals surface area contributed by atoms with Gasteiger partial charge in [-0.2, -0.15) is 0 Å². The maximum atomic E-state index is 2.57. The van der Waals surface area contributed by atoms with Crippen LogP contribution in [0, 0.1) is 0 Å². The minimum absolute atomic E-state index is 1.12. The quantitative estimate of drug-likeness (QED) is 0.164. The van der Waals surface area contributed by atoms with E-state index in [1.54, 1.807) is 32.7 Å². The minimum atomic E-state index is 1.12. The van der Waals surface area contributed by atoms with Crippen molar-refractivity contribution < 1.29 is 0 Å². The van der Waals surface area contributed by atoms with E-state index >= 15 is 0 Å². The first-order chi connectivity index (χ1) is 32.7. The summed E-state index contributed by atoms with van der Waals surface area (Å²) in [5.41, 5.74) is 25.3. The van der Waals surface area contributed by atoms with E-state index in [1.807, 2.05) is 0 Å². The van der Waals surface area contributed by atoms with Crippen molar-refractivity contribution >= 4 is 77.2 Å². The Morgan fingerprint density at radius 2 is 0.621 bits per heavy atom. The second-order valence-electron chi connectivity index (χ2n) is 19.9. The van der Waals surface area contributed by atoms with Gasteiger partial charge in [-0.05, 0) is 272 Å². The molecule has 0 amide bonds. The topological polar surface area (TPSA) is 6.48 Å². The van der Waals surface area contributed by atoms with Crippen molar-refractivity contribution in [3.63, 3.8) is 0 Å². The average Bonchev–Trinajstić information content (AvgIpc) is 3.37. The summed E-state index contributed by atoms with van der Waals surface area (Å²) in [6, 6.07) is 61.3. The fourth-order valence-corrected chi connectivity index (χ4v) is 13.4. The first kappa shape index (κ1) is 37.1. The van der Waals surface area contributed by atoms with Gasteiger partial charge in [0.2, 0.25) is 0 Å². The molecule has 316 valence electrons. The smallest absolute Gasteiger partial charge is 0.0502 e. The number of hydrogen-bond donors (Lipinski definition) is 0. The summed E-state index contributed by atoms with van der Waals surface area (Å²) in [5.74, 6) is 0. The molecule has 2 nitrogen and oxygen atoms in total. The fourth-order valence-electron chi connectivity index (χ4n) is 13.4. The molecule has 0 heterocycles. The van der Waals surface area contributed by atoms with E-state index in [-0.39, 0.29) is 0 Å². The number of nitrogens with zero attached hydrogens (tertiary/aromatic N) is 2. The lowest BCUT2D eigenvalue weighted by Crippen LogP contribution is -2.17. The van der Waals surface area contributed by atoms with Crippen molar-refractivity contribution in [3.8, 4) is 22.3 Å². The van der Waals surface area contributed by atoms with Crippen LogP contribution in [-0.2, 0) is 51.4 Å². The van der Waals surface area contributed by atoms with Crippen LogP contribution in [-0.4, -0.2) is 0 Å². The number of benzene rings is 10. The molecule has 66 heavy (non-hydrogen) atoms. The lowest BCUT2D eigenvalue weighted by atomic mass is 9.77. The zero-order chi connectivity index (χ0) is 43.0. The van der Waals surface area contributed by atoms with Crippen LogP contribution in [0.5, 0.6) is 0 Å². The molecule has 5 aliphatic rings. The van der Waals surface area contributed by atoms with Gasteiger partial charge < -0.3 is 9.80 Å². The zero-order valence-electron chi connectivity index (χ0n) is 37.4. The van der Waals surface area contributed by atoms with Crippen LogP contribution in [0.1, 0.15) is 70.2 Å². The summed E-state index contributed by atoms with van der Waals surface area (Å²) in [5, 5.41) is 11.4. The summed E-state index contributed by atoms with van der Waals surface area (Å²) in [6.07, 6.45) is 14.1. The van der Waals surface area contributed by atoms with Crippen LogP contribution < -0.4 is 9.80 Å². The molecular formula is C64H50N2. The van der Waals surface area contributed by atoms with Crippen molar-refractivity contribution in [2.45, 2.75) is 77.0 Å². The predicted octanol–water partition coefficient (Wildman–Crippen LogP) is 16.8. The second-order valence-corrected chi connectivity index (χ2v) is 19.9. The molecule has 0 aromatic heterocycles. The summed E-state index contributed by atoms with van der Waals surface area (Å²) >= 11 is 0. The monoisotopic (exact) mass is 846 g/mol. The van der Waals surface area contributed by atoms with Crippen molar-refractivity contribution in [1.29, 1.82) is 0 Å². The van der Waals surface area contributed by atoms with Crippen LogP contribution in [0.15, 0.2) is 158 Å². The van der Waals surface area contributed by atoms with E-state index in [0.717, 1.165) is 25.7 Å². The molecule has 10 aromatic rings. The van der Waals surface area contributed by atoms with Gasteiger partial charge in [-0.25, -0.2) is 0 Å². The molecule has 5 aliphatic carbocycles. The Kier molecular flexibility index (Phi) is 7.97. The molecular weight excluding hydrogens is 797 g/mol. The molecule has 0 spiro atoms. The first-order valence-corrected chi connectivity index (χ1v) is 24.8. The van der Waals surface area contributed by atoms with Gasteiger partial charge in [0.25, 0.3) is 0 Å². The molecule has 0 saturated carbocycles. The number of anilines is 6. The van der Waals surface area contributed by atoms with Gasteiger partial charge in [0.05, 0.1) is 11.4 Å². The Morgan fingerprint density at radius 1 is 0.258 bits per heavy atom. The molecule has 0 radical (unpaired) electrons. The number of rotatable bonds is 6. The standard InChI is InChI=1S/C64H50N2/c1-3-17-49(18-4-1)65(59-37-45-15-7-11-39-23-25-41-13-9-21-53(59)63(41)61(39)45)51-29-27-43-33-55-56-34-44-28-30-52(32-48(44)36-58(56)57(55)35-47(43)31-51)66(50-19-5-2-6-20-50)60-38-46-16-8-12-40-24-26-42-14-10-22-54(60)64(42)62(40)46/h1-6,17-20,23-38H,7-16,21-22H2. The minimum Gasteiger partial charge on any atom is -0.310 e. The van der Waals surface area contributed by atoms with Crippen molar-refractivity contribution in [2.24, 2.45) is 0 Å². The summed E-state index contributed by atoms with van der Waals surface area (Å²) in [6.45, 7) is 0. The number of para-hydroxylation sites is 2. The van der Waals surface area contributed by atoms with Gasteiger partial charge in [0.15, 0.2) is 0 Å². The summed E-state index contributed by atoms with van der Waals surface area (Å²) in [7, 11) is 0. The van der Waals surface area contributed by atoms with Gasteiger partial charge in [-0.1, -0.05) is 72.8 Å². The van der Waals surface area contributed by atoms with Crippen molar-refractivity contribution in [1.82, 2.24) is 0 Å². The van der Waals surface area contributed by atoms with Gasteiger partial charge in [-0.3, -0.25) is 0 Å². The third-order valence-corrected chi connectivity index (χ3v) is 16.3. The molecule has 0 bridgehead atoms. The largest absolute Gasteiger partial charge is 0.310 e. The molecule has 10 aromatic carbocycles. The Bertz CT molecular complexity index is 3470. The molecule has 0 aliphatic heterocycles. The Morgan fingerprint density at radius 3 is 1.05 bits per heavy atom. The van der Waals surface area contributed by atoms with Crippen LogP contribution in [0.2, 0.25) is 0 Å². The van der Waals surface area contributed by atoms with E-state index in [2.05, 4.69) is 168 Å². The van der Waals surface area contributed by atoms with Gasteiger partial charge in [0, 0.05) is 22.7 Å². The highest BCUT2D eigenvalue weighted by molar-refractivity contribution is 6.13. The molecule has 15 rings (SSSR count). The Hall–Kier alpha value is -7.16. The fraction of sp³-hybridized carbons (Fsp3) is 0.188. The van der Waals surface area contributed by atoms with Crippen LogP contribution >= 0.6 is 0 Å². The zero-order valence-corrected chi connectivity index (χ0v) is 37.4. The van der Waals surface area contributed by atoms with Crippen LogP contribution in [0.25, 0.3) is 65.3 Å². The highest BCUT2D eigenvalue weighted by atomic mass is 15.2. The lowest BCUT2D eigenvalue weighted by Gasteiger charge is -2.33. The van der Waals surface area contributed by atoms with E-state index < -0.39 is 0 Å². The predicted molar refractivity (Wildman–Crippen MR) is 278 cm³/mol. The van der Waals surface area contributed by atoms with Gasteiger partial charge in [-0.15, -0.1) is 0 Å². The number of fused-ring (bicyclic) bond motifs is 6. The molecule has 2 heteroatoms. The molecule has 0 fully saturated rings. The van der Waals surface area contributed by atoms with E-state index in [0.29, 0.717) is 0 Å². The first-order valence-electron chi connectivity index (χ1n) is 24.8. The SMILES string of the molecule is c1ccc(N(c2ccc3cc4c(cc3c2)-c2cc3cc(N(c5ccccc5)c5cc6c7c(ccc8c7c5CCC8)CCC6)ccc3cc2-4)c2cc3c4c(ccc5c4c2CCC5)CCC3)cc1. The molecule has 0 unspecified atom stereocenters. The Balaban J connectivity index is 0.858. The summed E-state index contributed by atoms with van der Waals surface area (Å²) in [4.78, 5) is 5.14. The average molecular weight is 847 g/mol. The maximum Gasteiger partial charge on any atom is 0.0502 e. The number of aryl methyl sites for hydroxylation is 8. The normalized spacial score (nSPS) is 15.2. The summed E-state index contributed by atoms with van der Waals surface area (Å²) < 4.78 is 0. The van der Waals surface area contributed by atoms with E-state index in [4.69, 9.17) is 0 Å². The third-order valence-electron chi connectivity index (χ3n) is 16.3. The van der Waals surface area contributed by atoms with Crippen molar-refractivity contribution in [3.05, 3.63) is 202 Å². The van der Waals surface area contributed by atoms with Crippen LogP contribution in [0.4, 0.5) is 34.1 Å². The highest BCUT2D eigenvalue weighted by Crippen LogP contribution is 2.53.